The Kier molecular flexibility index (Phi) is 3.16. The molecule has 0 aromatic carbocycles. The molecule has 0 bridgehead atoms. The molecule has 2 aliphatic rings. The summed E-state index contributed by atoms with van der Waals surface area (Å²) < 4.78 is 7.74. The Hall–Kier alpha value is -0.870. The highest BCUT2D eigenvalue weighted by Gasteiger charge is 2.21. The second-order valence-electron chi connectivity index (χ2n) is 5.17. The Morgan fingerprint density at radius 1 is 1.41 bits per heavy atom. The van der Waals surface area contributed by atoms with Crippen LogP contribution in [0.2, 0.25) is 0 Å². The van der Waals surface area contributed by atoms with Crippen molar-refractivity contribution in [2.75, 3.05) is 19.8 Å². The predicted octanol–water partition coefficient (Wildman–Crippen LogP) is 1.03. The molecule has 1 saturated heterocycles. The van der Waals surface area contributed by atoms with Crippen molar-refractivity contribution >= 4 is 0 Å². The van der Waals surface area contributed by atoms with Gasteiger partial charge in [-0.15, -0.1) is 0 Å². The van der Waals surface area contributed by atoms with E-state index in [0.717, 1.165) is 45.1 Å². The van der Waals surface area contributed by atoms with E-state index in [9.17, 15) is 0 Å². The second kappa shape index (κ2) is 4.78. The molecule has 2 aliphatic heterocycles. The number of fused-ring (bicyclic) bond motifs is 1. The first-order valence-corrected chi connectivity index (χ1v) is 6.66. The van der Waals surface area contributed by atoms with E-state index in [1.807, 2.05) is 0 Å². The smallest absolute Gasteiger partial charge is 0.109 e. The van der Waals surface area contributed by atoms with Crippen LogP contribution in [0, 0.1) is 5.92 Å². The van der Waals surface area contributed by atoms with Crippen molar-refractivity contribution in [2.24, 2.45) is 13.0 Å². The van der Waals surface area contributed by atoms with Crippen LogP contribution < -0.4 is 5.32 Å². The monoisotopic (exact) mass is 235 g/mol. The molecule has 3 heterocycles. The van der Waals surface area contributed by atoms with Crippen molar-refractivity contribution in [2.45, 2.75) is 32.2 Å². The third-order valence-corrected chi connectivity index (χ3v) is 4.03. The Balaban J connectivity index is 1.76. The number of aromatic nitrogens is 2. The second-order valence-corrected chi connectivity index (χ2v) is 5.17. The van der Waals surface area contributed by atoms with Crippen LogP contribution in [0.5, 0.6) is 0 Å². The lowest BCUT2D eigenvalue weighted by Gasteiger charge is -2.21. The highest BCUT2D eigenvalue weighted by molar-refractivity contribution is 5.20. The molecule has 94 valence electrons. The van der Waals surface area contributed by atoms with E-state index in [-0.39, 0.29) is 0 Å². The van der Waals surface area contributed by atoms with Gasteiger partial charge in [0.05, 0.1) is 5.69 Å². The minimum atomic E-state index is 0.763. The third kappa shape index (κ3) is 2.24. The summed E-state index contributed by atoms with van der Waals surface area (Å²) in [7, 11) is 2.17. The van der Waals surface area contributed by atoms with Gasteiger partial charge >= 0.3 is 0 Å². The molecule has 4 heteroatoms. The van der Waals surface area contributed by atoms with Crippen molar-refractivity contribution in [1.29, 1.82) is 0 Å². The largest absolute Gasteiger partial charge is 0.381 e. The fraction of sp³-hybridized carbons (Fsp3) is 0.769. The highest BCUT2D eigenvalue weighted by Crippen LogP contribution is 2.22. The van der Waals surface area contributed by atoms with Crippen LogP contribution in [-0.2, 0) is 31.2 Å². The van der Waals surface area contributed by atoms with Crippen molar-refractivity contribution in [1.82, 2.24) is 14.9 Å². The molecule has 0 saturated carbocycles. The number of hydrogen-bond acceptors (Lipinski definition) is 3. The molecule has 1 N–H and O–H groups in total. The van der Waals surface area contributed by atoms with Crippen molar-refractivity contribution in [3.8, 4) is 0 Å². The molecule has 1 aromatic heterocycles. The number of nitrogens with zero attached hydrogens (tertiary/aromatic N) is 2. The van der Waals surface area contributed by atoms with Crippen LogP contribution in [-0.4, -0.2) is 29.3 Å². The van der Waals surface area contributed by atoms with Gasteiger partial charge in [-0.2, -0.15) is 0 Å². The maximum Gasteiger partial charge on any atom is 0.109 e. The number of hydrogen-bond donors (Lipinski definition) is 1. The van der Waals surface area contributed by atoms with Gasteiger partial charge in [-0.3, -0.25) is 0 Å². The average Bonchev–Trinajstić information content (AvgIpc) is 2.68. The molecule has 3 rings (SSSR count). The number of ether oxygens (including phenoxy) is 1. The molecule has 4 nitrogen and oxygen atoms in total. The maximum absolute atomic E-state index is 5.41. The molecular formula is C13H21N3O. The SMILES string of the molecule is Cn1c(CC2CCOCC2)nc2c1CCNC2. The first kappa shape index (κ1) is 11.2. The normalized spacial score (nSPS) is 21.5. The standard InChI is InChI=1S/C13H21N3O/c1-16-12-2-5-14-9-11(12)15-13(16)8-10-3-6-17-7-4-10/h10,14H,2-9H2,1H3. The van der Waals surface area contributed by atoms with Crippen LogP contribution in [0.4, 0.5) is 0 Å². The van der Waals surface area contributed by atoms with Crippen LogP contribution in [0.1, 0.15) is 30.1 Å². The van der Waals surface area contributed by atoms with Crippen LogP contribution >= 0.6 is 0 Å². The predicted molar refractivity (Wildman–Crippen MR) is 65.9 cm³/mol. The minimum absolute atomic E-state index is 0.763. The van der Waals surface area contributed by atoms with Crippen LogP contribution in [0.25, 0.3) is 0 Å². The summed E-state index contributed by atoms with van der Waals surface area (Å²) in [6.07, 6.45) is 4.62. The molecule has 0 unspecified atom stereocenters. The van der Waals surface area contributed by atoms with Gasteiger partial charge in [-0.05, 0) is 18.8 Å². The molecule has 0 amide bonds. The summed E-state index contributed by atoms with van der Waals surface area (Å²) in [5.41, 5.74) is 2.70. The van der Waals surface area contributed by atoms with Crippen molar-refractivity contribution in [3.63, 3.8) is 0 Å². The van der Waals surface area contributed by atoms with E-state index in [1.165, 1.54) is 30.1 Å². The van der Waals surface area contributed by atoms with Gasteiger partial charge < -0.3 is 14.6 Å². The number of nitrogens with one attached hydrogen (secondary N) is 1. The average molecular weight is 235 g/mol. The fourth-order valence-electron chi connectivity index (χ4n) is 2.90. The summed E-state index contributed by atoms with van der Waals surface area (Å²) in [5.74, 6) is 2.03. The van der Waals surface area contributed by atoms with Crippen molar-refractivity contribution in [3.05, 3.63) is 17.2 Å². The first-order chi connectivity index (χ1) is 8.34. The van der Waals surface area contributed by atoms with Gasteiger partial charge in [0.25, 0.3) is 0 Å². The molecule has 17 heavy (non-hydrogen) atoms. The lowest BCUT2D eigenvalue weighted by Crippen LogP contribution is -2.24. The number of rotatable bonds is 2. The summed E-state index contributed by atoms with van der Waals surface area (Å²) in [6, 6.07) is 0. The van der Waals surface area contributed by atoms with E-state index in [2.05, 4.69) is 16.9 Å². The molecule has 1 aromatic rings. The first-order valence-electron chi connectivity index (χ1n) is 6.66. The third-order valence-electron chi connectivity index (χ3n) is 4.03. The highest BCUT2D eigenvalue weighted by atomic mass is 16.5. The van der Waals surface area contributed by atoms with E-state index < -0.39 is 0 Å². The zero-order chi connectivity index (χ0) is 11.7. The van der Waals surface area contributed by atoms with Crippen LogP contribution in [0.15, 0.2) is 0 Å². The molecular weight excluding hydrogens is 214 g/mol. The van der Waals surface area contributed by atoms with E-state index in [1.54, 1.807) is 0 Å². The lowest BCUT2D eigenvalue weighted by atomic mass is 9.96. The van der Waals surface area contributed by atoms with Gasteiger partial charge in [0.15, 0.2) is 0 Å². The zero-order valence-electron chi connectivity index (χ0n) is 10.5. The van der Waals surface area contributed by atoms with Crippen molar-refractivity contribution < 1.29 is 4.74 Å². The molecule has 0 atom stereocenters. The molecule has 0 aliphatic carbocycles. The lowest BCUT2D eigenvalue weighted by molar-refractivity contribution is 0.0658. The van der Waals surface area contributed by atoms with Gasteiger partial charge in [-0.25, -0.2) is 4.98 Å². The number of imidazole rings is 1. The Morgan fingerprint density at radius 2 is 2.24 bits per heavy atom. The molecule has 0 radical (unpaired) electrons. The summed E-state index contributed by atoms with van der Waals surface area (Å²) in [6.45, 7) is 3.88. The Labute approximate surface area is 102 Å². The molecule has 0 spiro atoms. The van der Waals surface area contributed by atoms with Gasteiger partial charge in [0, 0.05) is 51.9 Å². The molecule has 1 fully saturated rings. The Morgan fingerprint density at radius 3 is 3.00 bits per heavy atom. The van der Waals surface area contributed by atoms with E-state index in [0.29, 0.717) is 0 Å². The summed E-state index contributed by atoms with van der Waals surface area (Å²) in [4.78, 5) is 4.80. The van der Waals surface area contributed by atoms with E-state index >= 15 is 0 Å². The summed E-state index contributed by atoms with van der Waals surface area (Å²) in [5, 5.41) is 3.39. The van der Waals surface area contributed by atoms with Crippen LogP contribution in [0.3, 0.4) is 0 Å². The fourth-order valence-corrected chi connectivity index (χ4v) is 2.90. The quantitative estimate of drug-likeness (QED) is 0.832. The summed E-state index contributed by atoms with van der Waals surface area (Å²) >= 11 is 0. The van der Waals surface area contributed by atoms with Gasteiger partial charge in [0.2, 0.25) is 0 Å². The Bertz CT molecular complexity index is 394. The van der Waals surface area contributed by atoms with Gasteiger partial charge in [0.1, 0.15) is 5.82 Å². The van der Waals surface area contributed by atoms with Gasteiger partial charge in [-0.1, -0.05) is 0 Å². The minimum Gasteiger partial charge on any atom is -0.381 e. The zero-order valence-corrected chi connectivity index (χ0v) is 10.5. The maximum atomic E-state index is 5.41. The van der Waals surface area contributed by atoms with E-state index in [4.69, 9.17) is 9.72 Å². The topological polar surface area (TPSA) is 39.1 Å².